The first kappa shape index (κ1) is 15.4. The minimum absolute atomic E-state index is 0.364. The fourth-order valence-corrected chi connectivity index (χ4v) is 2.76. The number of aliphatic hydroxyl groups is 1. The summed E-state index contributed by atoms with van der Waals surface area (Å²) in [5.41, 5.74) is -1.41. The van der Waals surface area contributed by atoms with E-state index >= 15 is 0 Å². The van der Waals surface area contributed by atoms with Crippen molar-refractivity contribution in [1.82, 2.24) is 4.90 Å². The van der Waals surface area contributed by atoms with Crippen molar-refractivity contribution < 1.29 is 14.6 Å². The van der Waals surface area contributed by atoms with Gasteiger partial charge in [0, 0.05) is 19.1 Å². The Morgan fingerprint density at radius 1 is 1.44 bits per heavy atom. The number of methoxy groups -OCH3 is 1. The van der Waals surface area contributed by atoms with E-state index in [1.54, 1.807) is 6.92 Å². The number of hydrogen-bond donors (Lipinski definition) is 1. The maximum Gasteiger partial charge on any atom is 0.338 e. The molecule has 0 aromatic carbocycles. The molecule has 1 aliphatic carbocycles. The van der Waals surface area contributed by atoms with Gasteiger partial charge in [0.1, 0.15) is 0 Å². The second-order valence-corrected chi connectivity index (χ2v) is 6.03. The first-order valence-electron chi connectivity index (χ1n) is 6.91. The van der Waals surface area contributed by atoms with E-state index in [1.165, 1.54) is 32.8 Å². The lowest BCUT2D eigenvalue weighted by molar-refractivity contribution is -0.163. The molecule has 18 heavy (non-hydrogen) atoms. The number of esters is 1. The third-order valence-electron chi connectivity index (χ3n) is 3.58. The molecule has 0 aliphatic heterocycles. The summed E-state index contributed by atoms with van der Waals surface area (Å²) in [7, 11) is 1.32. The number of ether oxygens (including phenoxy) is 1. The molecule has 1 unspecified atom stereocenters. The van der Waals surface area contributed by atoms with Crippen molar-refractivity contribution >= 4 is 5.97 Å². The molecule has 1 fully saturated rings. The largest absolute Gasteiger partial charge is 0.467 e. The Bertz CT molecular complexity index is 270. The SMILES string of the molecule is COC(=O)C(C)(O)CN(CC(C)C)C1CCCC1. The van der Waals surface area contributed by atoms with Crippen LogP contribution in [-0.2, 0) is 9.53 Å². The van der Waals surface area contributed by atoms with Crippen molar-refractivity contribution in [3.05, 3.63) is 0 Å². The van der Waals surface area contributed by atoms with Gasteiger partial charge in [0.2, 0.25) is 0 Å². The molecule has 0 aromatic rings. The molecule has 0 bridgehead atoms. The molecule has 106 valence electrons. The summed E-state index contributed by atoms with van der Waals surface area (Å²) in [4.78, 5) is 13.8. The summed E-state index contributed by atoms with van der Waals surface area (Å²) in [6.45, 7) is 7.14. The van der Waals surface area contributed by atoms with Crippen LogP contribution in [0.2, 0.25) is 0 Å². The van der Waals surface area contributed by atoms with Crippen LogP contribution < -0.4 is 0 Å². The van der Waals surface area contributed by atoms with E-state index in [0.29, 0.717) is 18.5 Å². The number of carbonyl (C=O) groups is 1. The van der Waals surface area contributed by atoms with Gasteiger partial charge in [0.25, 0.3) is 0 Å². The zero-order chi connectivity index (χ0) is 13.8. The Balaban J connectivity index is 2.67. The maximum atomic E-state index is 11.6. The van der Waals surface area contributed by atoms with Gasteiger partial charge in [-0.3, -0.25) is 4.90 Å². The fourth-order valence-electron chi connectivity index (χ4n) is 2.76. The molecule has 4 nitrogen and oxygen atoms in total. The fraction of sp³-hybridized carbons (Fsp3) is 0.929. The highest BCUT2D eigenvalue weighted by atomic mass is 16.5. The molecule has 0 aromatic heterocycles. The Labute approximate surface area is 110 Å². The van der Waals surface area contributed by atoms with Crippen molar-refractivity contribution in [1.29, 1.82) is 0 Å². The number of hydrogen-bond acceptors (Lipinski definition) is 4. The van der Waals surface area contributed by atoms with E-state index in [2.05, 4.69) is 23.5 Å². The van der Waals surface area contributed by atoms with Gasteiger partial charge in [0.15, 0.2) is 5.60 Å². The van der Waals surface area contributed by atoms with Crippen LogP contribution >= 0.6 is 0 Å². The second kappa shape index (κ2) is 6.53. The zero-order valence-corrected chi connectivity index (χ0v) is 12.1. The zero-order valence-electron chi connectivity index (χ0n) is 12.1. The lowest BCUT2D eigenvalue weighted by atomic mass is 10.0. The predicted molar refractivity (Wildman–Crippen MR) is 71.3 cm³/mol. The number of rotatable bonds is 6. The molecular formula is C14H27NO3. The minimum Gasteiger partial charge on any atom is -0.467 e. The summed E-state index contributed by atoms with van der Waals surface area (Å²) in [6.07, 6.45) is 4.84. The van der Waals surface area contributed by atoms with Crippen LogP contribution in [0.4, 0.5) is 0 Å². The van der Waals surface area contributed by atoms with Crippen LogP contribution in [0, 0.1) is 5.92 Å². The summed E-state index contributed by atoms with van der Waals surface area (Å²) >= 11 is 0. The Morgan fingerprint density at radius 3 is 2.44 bits per heavy atom. The second-order valence-electron chi connectivity index (χ2n) is 6.03. The van der Waals surface area contributed by atoms with Crippen LogP contribution in [0.1, 0.15) is 46.5 Å². The van der Waals surface area contributed by atoms with Crippen molar-refractivity contribution in [2.75, 3.05) is 20.2 Å². The first-order valence-corrected chi connectivity index (χ1v) is 6.91. The monoisotopic (exact) mass is 257 g/mol. The van der Waals surface area contributed by atoms with Gasteiger partial charge in [-0.1, -0.05) is 26.7 Å². The third-order valence-corrected chi connectivity index (χ3v) is 3.58. The Kier molecular flexibility index (Phi) is 5.60. The van der Waals surface area contributed by atoms with E-state index in [4.69, 9.17) is 0 Å². The quantitative estimate of drug-likeness (QED) is 0.737. The Hall–Kier alpha value is -0.610. The average molecular weight is 257 g/mol. The highest BCUT2D eigenvalue weighted by Crippen LogP contribution is 2.26. The topological polar surface area (TPSA) is 49.8 Å². The highest BCUT2D eigenvalue weighted by molar-refractivity contribution is 5.78. The molecule has 1 atom stereocenters. The average Bonchev–Trinajstić information content (AvgIpc) is 2.79. The van der Waals surface area contributed by atoms with Crippen LogP contribution in [0.15, 0.2) is 0 Å². The molecule has 4 heteroatoms. The predicted octanol–water partition coefficient (Wildman–Crippen LogP) is 1.81. The van der Waals surface area contributed by atoms with E-state index in [-0.39, 0.29) is 0 Å². The molecule has 1 rings (SSSR count). The van der Waals surface area contributed by atoms with Gasteiger partial charge < -0.3 is 9.84 Å². The van der Waals surface area contributed by atoms with Crippen molar-refractivity contribution in [3.63, 3.8) is 0 Å². The van der Waals surface area contributed by atoms with Gasteiger partial charge in [-0.05, 0) is 25.7 Å². The lowest BCUT2D eigenvalue weighted by Gasteiger charge is -2.35. The van der Waals surface area contributed by atoms with Crippen LogP contribution in [0.5, 0.6) is 0 Å². The van der Waals surface area contributed by atoms with E-state index < -0.39 is 11.6 Å². The van der Waals surface area contributed by atoms with Crippen molar-refractivity contribution in [3.8, 4) is 0 Å². The van der Waals surface area contributed by atoms with Gasteiger partial charge >= 0.3 is 5.97 Å². The molecule has 0 heterocycles. The summed E-state index contributed by atoms with van der Waals surface area (Å²) in [5.74, 6) is -0.0201. The summed E-state index contributed by atoms with van der Waals surface area (Å²) in [6, 6.07) is 0.503. The van der Waals surface area contributed by atoms with Crippen LogP contribution in [-0.4, -0.2) is 47.8 Å². The number of carbonyl (C=O) groups excluding carboxylic acids is 1. The third kappa shape index (κ3) is 4.25. The van der Waals surface area contributed by atoms with Gasteiger partial charge in [-0.25, -0.2) is 4.79 Å². The molecule has 0 spiro atoms. The van der Waals surface area contributed by atoms with Crippen molar-refractivity contribution in [2.45, 2.75) is 58.1 Å². The molecule has 0 radical (unpaired) electrons. The highest BCUT2D eigenvalue weighted by Gasteiger charge is 2.36. The molecule has 1 aliphatic rings. The molecular weight excluding hydrogens is 230 g/mol. The van der Waals surface area contributed by atoms with Crippen LogP contribution in [0.3, 0.4) is 0 Å². The first-order chi connectivity index (χ1) is 8.36. The summed E-state index contributed by atoms with van der Waals surface area (Å²) in [5, 5.41) is 10.2. The lowest BCUT2D eigenvalue weighted by Crippen LogP contribution is -2.51. The molecule has 1 N–H and O–H groups in total. The molecule has 0 amide bonds. The van der Waals surface area contributed by atoms with E-state index in [0.717, 1.165) is 6.54 Å². The van der Waals surface area contributed by atoms with Gasteiger partial charge in [0.05, 0.1) is 7.11 Å². The smallest absolute Gasteiger partial charge is 0.338 e. The van der Waals surface area contributed by atoms with Gasteiger partial charge in [-0.2, -0.15) is 0 Å². The Morgan fingerprint density at radius 2 is 2.00 bits per heavy atom. The minimum atomic E-state index is -1.41. The van der Waals surface area contributed by atoms with Crippen LogP contribution in [0.25, 0.3) is 0 Å². The maximum absolute atomic E-state index is 11.6. The normalized spacial score (nSPS) is 20.4. The van der Waals surface area contributed by atoms with E-state index in [9.17, 15) is 9.90 Å². The van der Waals surface area contributed by atoms with E-state index in [1.807, 2.05) is 0 Å². The van der Waals surface area contributed by atoms with Crippen molar-refractivity contribution in [2.24, 2.45) is 5.92 Å². The number of nitrogens with zero attached hydrogens (tertiary/aromatic N) is 1. The molecule has 0 saturated heterocycles. The molecule has 1 saturated carbocycles. The standard InChI is InChI=1S/C14H27NO3/c1-11(2)9-15(12-7-5-6-8-12)10-14(3,17)13(16)18-4/h11-12,17H,5-10H2,1-4H3. The van der Waals surface area contributed by atoms with Gasteiger partial charge in [-0.15, -0.1) is 0 Å². The summed E-state index contributed by atoms with van der Waals surface area (Å²) < 4.78 is 4.67.